The van der Waals surface area contributed by atoms with Crippen molar-refractivity contribution >= 4 is 11.8 Å². The summed E-state index contributed by atoms with van der Waals surface area (Å²) in [6, 6.07) is 15.5. The Bertz CT molecular complexity index is 836. The number of rotatable bonds is 7. The van der Waals surface area contributed by atoms with Crippen LogP contribution in [0.15, 0.2) is 48.5 Å². The zero-order valence-electron chi connectivity index (χ0n) is 17.5. The Morgan fingerprint density at radius 1 is 1.07 bits per heavy atom. The maximum absolute atomic E-state index is 12.3. The van der Waals surface area contributed by atoms with Crippen LogP contribution in [0.2, 0.25) is 0 Å². The summed E-state index contributed by atoms with van der Waals surface area (Å²) in [6.07, 6.45) is 1.57. The highest BCUT2D eigenvalue weighted by Crippen LogP contribution is 2.24. The van der Waals surface area contributed by atoms with Crippen molar-refractivity contribution in [2.24, 2.45) is 0 Å². The zero-order chi connectivity index (χ0) is 20.9. The van der Waals surface area contributed by atoms with Crippen molar-refractivity contribution in [2.75, 3.05) is 19.7 Å². The second-order valence-corrected chi connectivity index (χ2v) is 8.49. The number of nitrogens with zero attached hydrogens (tertiary/aromatic N) is 1. The van der Waals surface area contributed by atoms with Crippen molar-refractivity contribution in [3.63, 3.8) is 0 Å². The average molecular weight is 395 g/mol. The van der Waals surface area contributed by atoms with Crippen LogP contribution in [0.3, 0.4) is 0 Å². The molecule has 5 heteroatoms. The Balaban J connectivity index is 1.41. The fraction of sp³-hybridized carbons (Fsp3) is 0.417. The van der Waals surface area contributed by atoms with Crippen LogP contribution in [-0.4, -0.2) is 36.4 Å². The van der Waals surface area contributed by atoms with E-state index in [1.807, 2.05) is 29.2 Å². The van der Waals surface area contributed by atoms with E-state index in [2.05, 4.69) is 38.2 Å². The van der Waals surface area contributed by atoms with E-state index in [0.29, 0.717) is 31.7 Å². The molecule has 0 radical (unpaired) electrons. The van der Waals surface area contributed by atoms with Gasteiger partial charge in [-0.1, -0.05) is 45.0 Å². The van der Waals surface area contributed by atoms with Crippen LogP contribution in [0.4, 0.5) is 0 Å². The molecule has 0 spiro atoms. The largest absolute Gasteiger partial charge is 0.492 e. The summed E-state index contributed by atoms with van der Waals surface area (Å²) < 4.78 is 5.71. The molecule has 29 heavy (non-hydrogen) atoms. The lowest BCUT2D eigenvalue weighted by Crippen LogP contribution is -2.28. The van der Waals surface area contributed by atoms with Gasteiger partial charge in [0.05, 0.1) is 6.54 Å². The molecule has 3 rings (SSSR count). The number of hydrogen-bond donors (Lipinski definition) is 1. The molecule has 0 aliphatic carbocycles. The van der Waals surface area contributed by atoms with Gasteiger partial charge in [0.2, 0.25) is 5.91 Å². The SMILES string of the molecule is CC(C)(C)c1ccc(OCCNC(=O)c2ccc(CN3CCCC3=O)cc2)cc1. The summed E-state index contributed by atoms with van der Waals surface area (Å²) in [6.45, 7) is 8.81. The van der Waals surface area contributed by atoms with Gasteiger partial charge >= 0.3 is 0 Å². The Hall–Kier alpha value is -2.82. The lowest BCUT2D eigenvalue weighted by atomic mass is 9.87. The van der Waals surface area contributed by atoms with Gasteiger partial charge in [0.25, 0.3) is 5.91 Å². The van der Waals surface area contributed by atoms with Crippen LogP contribution in [0.5, 0.6) is 5.75 Å². The Labute approximate surface area is 173 Å². The average Bonchev–Trinajstić information content (AvgIpc) is 3.10. The molecule has 2 aromatic carbocycles. The fourth-order valence-electron chi connectivity index (χ4n) is 3.34. The summed E-state index contributed by atoms with van der Waals surface area (Å²) in [7, 11) is 0. The molecule has 1 N–H and O–H groups in total. The van der Waals surface area contributed by atoms with Gasteiger partial charge in [-0.3, -0.25) is 9.59 Å². The smallest absolute Gasteiger partial charge is 0.251 e. The van der Waals surface area contributed by atoms with E-state index in [0.717, 1.165) is 24.3 Å². The zero-order valence-corrected chi connectivity index (χ0v) is 17.5. The van der Waals surface area contributed by atoms with Crippen molar-refractivity contribution < 1.29 is 14.3 Å². The molecule has 0 atom stereocenters. The molecule has 1 aliphatic rings. The molecule has 0 saturated carbocycles. The van der Waals surface area contributed by atoms with Crippen molar-refractivity contribution in [1.82, 2.24) is 10.2 Å². The molecule has 1 heterocycles. The number of hydrogen-bond acceptors (Lipinski definition) is 3. The number of carbonyl (C=O) groups is 2. The minimum atomic E-state index is -0.125. The number of likely N-dealkylation sites (tertiary alicyclic amines) is 1. The molecule has 1 aliphatic heterocycles. The maximum atomic E-state index is 12.3. The topological polar surface area (TPSA) is 58.6 Å². The molecule has 2 aromatic rings. The lowest BCUT2D eigenvalue weighted by molar-refractivity contribution is -0.128. The molecular formula is C24H30N2O3. The van der Waals surface area contributed by atoms with Gasteiger partial charge in [-0.05, 0) is 47.2 Å². The van der Waals surface area contributed by atoms with Crippen LogP contribution in [0, 0.1) is 0 Å². The Kier molecular flexibility index (Phi) is 6.57. The van der Waals surface area contributed by atoms with Crippen LogP contribution in [0.25, 0.3) is 0 Å². The summed E-state index contributed by atoms with van der Waals surface area (Å²) in [4.78, 5) is 25.9. The number of amides is 2. The maximum Gasteiger partial charge on any atom is 0.251 e. The molecular weight excluding hydrogens is 364 g/mol. The number of nitrogens with one attached hydrogen (secondary N) is 1. The van der Waals surface area contributed by atoms with E-state index in [4.69, 9.17) is 4.74 Å². The first-order valence-electron chi connectivity index (χ1n) is 10.2. The molecule has 0 bridgehead atoms. The second kappa shape index (κ2) is 9.12. The molecule has 1 fully saturated rings. The van der Waals surface area contributed by atoms with E-state index in [9.17, 15) is 9.59 Å². The first-order valence-corrected chi connectivity index (χ1v) is 10.2. The molecule has 0 aromatic heterocycles. The molecule has 0 unspecified atom stereocenters. The number of carbonyl (C=O) groups excluding carboxylic acids is 2. The summed E-state index contributed by atoms with van der Waals surface area (Å²) in [5.74, 6) is 0.883. The predicted octanol–water partition coefficient (Wildman–Crippen LogP) is 3.92. The first-order chi connectivity index (χ1) is 13.8. The van der Waals surface area contributed by atoms with Crippen LogP contribution >= 0.6 is 0 Å². The van der Waals surface area contributed by atoms with Gasteiger partial charge in [-0.15, -0.1) is 0 Å². The van der Waals surface area contributed by atoms with Gasteiger partial charge in [0, 0.05) is 25.1 Å². The Morgan fingerprint density at radius 3 is 2.34 bits per heavy atom. The molecule has 2 amide bonds. The molecule has 5 nitrogen and oxygen atoms in total. The highest BCUT2D eigenvalue weighted by molar-refractivity contribution is 5.94. The minimum Gasteiger partial charge on any atom is -0.492 e. The summed E-state index contributed by atoms with van der Waals surface area (Å²) in [5.41, 5.74) is 3.03. The van der Waals surface area contributed by atoms with Crippen molar-refractivity contribution in [3.8, 4) is 5.75 Å². The normalized spacial score (nSPS) is 14.2. The highest BCUT2D eigenvalue weighted by Gasteiger charge is 2.20. The number of ether oxygens (including phenoxy) is 1. The van der Waals surface area contributed by atoms with E-state index in [1.54, 1.807) is 12.1 Å². The van der Waals surface area contributed by atoms with Gasteiger partial charge in [-0.2, -0.15) is 0 Å². The third-order valence-electron chi connectivity index (χ3n) is 5.14. The lowest BCUT2D eigenvalue weighted by Gasteiger charge is -2.19. The quantitative estimate of drug-likeness (QED) is 0.724. The van der Waals surface area contributed by atoms with Crippen molar-refractivity contribution in [2.45, 2.75) is 45.6 Å². The van der Waals surface area contributed by atoms with E-state index in [1.165, 1.54) is 5.56 Å². The highest BCUT2D eigenvalue weighted by atomic mass is 16.5. The van der Waals surface area contributed by atoms with Crippen LogP contribution < -0.4 is 10.1 Å². The van der Waals surface area contributed by atoms with Crippen molar-refractivity contribution in [1.29, 1.82) is 0 Å². The van der Waals surface area contributed by atoms with Crippen LogP contribution in [-0.2, 0) is 16.8 Å². The Morgan fingerprint density at radius 2 is 1.76 bits per heavy atom. The van der Waals surface area contributed by atoms with Gasteiger partial charge in [-0.25, -0.2) is 0 Å². The predicted molar refractivity (Wildman–Crippen MR) is 114 cm³/mol. The van der Waals surface area contributed by atoms with Gasteiger partial charge in [0.1, 0.15) is 12.4 Å². The number of benzene rings is 2. The first kappa shape index (κ1) is 20.9. The molecule has 154 valence electrons. The molecule has 1 saturated heterocycles. The van der Waals surface area contributed by atoms with Gasteiger partial charge < -0.3 is 15.0 Å². The van der Waals surface area contributed by atoms with Crippen molar-refractivity contribution in [3.05, 3.63) is 65.2 Å². The fourth-order valence-corrected chi connectivity index (χ4v) is 3.34. The standard InChI is InChI=1S/C24H30N2O3/c1-24(2,3)20-10-12-21(13-11-20)29-16-14-25-23(28)19-8-6-18(7-9-19)17-26-15-4-5-22(26)27/h6-13H,4-5,14-17H2,1-3H3,(H,25,28). The van der Waals surface area contributed by atoms with E-state index >= 15 is 0 Å². The van der Waals surface area contributed by atoms with Gasteiger partial charge in [0.15, 0.2) is 0 Å². The summed E-state index contributed by atoms with van der Waals surface area (Å²) >= 11 is 0. The minimum absolute atomic E-state index is 0.117. The van der Waals surface area contributed by atoms with E-state index < -0.39 is 0 Å². The summed E-state index contributed by atoms with van der Waals surface area (Å²) in [5, 5.41) is 2.88. The van der Waals surface area contributed by atoms with E-state index in [-0.39, 0.29) is 17.2 Å². The third-order valence-corrected chi connectivity index (χ3v) is 5.14. The third kappa shape index (κ3) is 5.83. The second-order valence-electron chi connectivity index (χ2n) is 8.49. The van der Waals surface area contributed by atoms with Crippen LogP contribution in [0.1, 0.15) is 55.1 Å². The monoisotopic (exact) mass is 394 g/mol.